The number of carbonyl (C=O) groups is 1. The third-order valence-electron chi connectivity index (χ3n) is 6.87. The van der Waals surface area contributed by atoms with Gasteiger partial charge in [-0.15, -0.1) is 0 Å². The predicted molar refractivity (Wildman–Crippen MR) is 104 cm³/mol. The lowest BCUT2D eigenvalue weighted by Crippen LogP contribution is -2.48. The topological polar surface area (TPSA) is 47.0 Å². The van der Waals surface area contributed by atoms with Crippen LogP contribution in [-0.2, 0) is 0 Å². The molecule has 0 bridgehead atoms. The lowest BCUT2D eigenvalue weighted by Gasteiger charge is -2.41. The van der Waals surface area contributed by atoms with E-state index in [1.807, 2.05) is 17.0 Å². The van der Waals surface area contributed by atoms with Crippen molar-refractivity contribution >= 4 is 11.6 Å². The standard InChI is InChI=1S/C21H31N3O2/c1-16-14-24(15-21(16,26)18-4-3-5-18)20(25)17-6-8-19(9-7-17)23-12-10-22(2)11-13-23/h6-9,16,18,26H,3-5,10-15H2,1-2H3. The molecule has 4 rings (SSSR count). The lowest BCUT2D eigenvalue weighted by molar-refractivity contribution is -0.0660. The Bertz CT molecular complexity index is 650. The second-order valence-corrected chi connectivity index (χ2v) is 8.54. The molecule has 1 aromatic rings. The summed E-state index contributed by atoms with van der Waals surface area (Å²) in [5.41, 5.74) is 1.23. The molecule has 1 amide bonds. The number of rotatable bonds is 3. The maximum atomic E-state index is 12.9. The molecule has 0 radical (unpaired) electrons. The molecule has 5 nitrogen and oxygen atoms in total. The molecule has 3 aliphatic rings. The molecular weight excluding hydrogens is 326 g/mol. The van der Waals surface area contributed by atoms with Crippen LogP contribution in [0.1, 0.15) is 36.5 Å². The van der Waals surface area contributed by atoms with Crippen LogP contribution in [0.5, 0.6) is 0 Å². The number of carbonyl (C=O) groups excluding carboxylic acids is 1. The van der Waals surface area contributed by atoms with Gasteiger partial charge < -0.3 is 19.8 Å². The number of aliphatic hydroxyl groups is 1. The second kappa shape index (κ2) is 6.86. The van der Waals surface area contributed by atoms with E-state index in [4.69, 9.17) is 0 Å². The molecule has 5 heteroatoms. The molecule has 2 heterocycles. The minimum Gasteiger partial charge on any atom is -0.387 e. The maximum Gasteiger partial charge on any atom is 0.253 e. The van der Waals surface area contributed by atoms with Crippen LogP contribution in [0.2, 0.25) is 0 Å². The number of likely N-dealkylation sites (tertiary alicyclic amines) is 1. The Morgan fingerprint density at radius 3 is 2.35 bits per heavy atom. The highest BCUT2D eigenvalue weighted by Gasteiger charge is 2.51. The Labute approximate surface area is 156 Å². The molecule has 3 fully saturated rings. The lowest BCUT2D eigenvalue weighted by atomic mass is 9.69. The first-order valence-electron chi connectivity index (χ1n) is 10.0. The van der Waals surface area contributed by atoms with Crippen molar-refractivity contribution in [2.24, 2.45) is 11.8 Å². The van der Waals surface area contributed by atoms with Crippen LogP contribution in [-0.4, -0.2) is 72.7 Å². The van der Waals surface area contributed by atoms with Gasteiger partial charge in [-0.3, -0.25) is 4.79 Å². The Kier molecular flexibility index (Phi) is 4.70. The van der Waals surface area contributed by atoms with Crippen molar-refractivity contribution in [3.05, 3.63) is 29.8 Å². The minimum atomic E-state index is -0.687. The molecule has 2 atom stereocenters. The molecule has 0 aromatic heterocycles. The number of hydrogen-bond acceptors (Lipinski definition) is 4. The van der Waals surface area contributed by atoms with Crippen LogP contribution >= 0.6 is 0 Å². The van der Waals surface area contributed by atoms with Crippen LogP contribution in [0.4, 0.5) is 5.69 Å². The van der Waals surface area contributed by atoms with Gasteiger partial charge in [0.1, 0.15) is 0 Å². The minimum absolute atomic E-state index is 0.0528. The molecular formula is C21H31N3O2. The van der Waals surface area contributed by atoms with Gasteiger partial charge in [-0.1, -0.05) is 13.3 Å². The van der Waals surface area contributed by atoms with Gasteiger partial charge >= 0.3 is 0 Å². The van der Waals surface area contributed by atoms with Crippen molar-refractivity contribution in [2.75, 3.05) is 51.2 Å². The molecule has 0 spiro atoms. The molecule has 2 aliphatic heterocycles. The fraction of sp³-hybridized carbons (Fsp3) is 0.667. The first-order chi connectivity index (χ1) is 12.5. The summed E-state index contributed by atoms with van der Waals surface area (Å²) in [6.45, 7) is 7.44. The van der Waals surface area contributed by atoms with Gasteiger partial charge in [-0.2, -0.15) is 0 Å². The van der Waals surface area contributed by atoms with E-state index in [1.54, 1.807) is 0 Å². The van der Waals surface area contributed by atoms with Crippen LogP contribution < -0.4 is 4.90 Å². The van der Waals surface area contributed by atoms with Gasteiger partial charge in [-0.25, -0.2) is 0 Å². The highest BCUT2D eigenvalue weighted by Crippen LogP contribution is 2.44. The zero-order valence-electron chi connectivity index (χ0n) is 16.0. The third kappa shape index (κ3) is 3.12. The van der Waals surface area contributed by atoms with Crippen molar-refractivity contribution < 1.29 is 9.90 Å². The molecule has 26 heavy (non-hydrogen) atoms. The summed E-state index contributed by atoms with van der Waals surface area (Å²) >= 11 is 0. The van der Waals surface area contributed by atoms with Crippen LogP contribution in [0, 0.1) is 11.8 Å². The summed E-state index contributed by atoms with van der Waals surface area (Å²) in [4.78, 5) is 19.5. The van der Waals surface area contributed by atoms with Crippen molar-refractivity contribution in [3.63, 3.8) is 0 Å². The Morgan fingerprint density at radius 2 is 1.77 bits per heavy atom. The highest BCUT2D eigenvalue weighted by molar-refractivity contribution is 5.94. The van der Waals surface area contributed by atoms with Gasteiger partial charge in [0.2, 0.25) is 0 Å². The van der Waals surface area contributed by atoms with E-state index in [1.165, 1.54) is 12.1 Å². The molecule has 1 aliphatic carbocycles. The number of amides is 1. The van der Waals surface area contributed by atoms with Crippen LogP contribution in [0.25, 0.3) is 0 Å². The third-order valence-corrected chi connectivity index (χ3v) is 6.87. The van der Waals surface area contributed by atoms with E-state index in [2.05, 4.69) is 35.9 Å². The number of likely N-dealkylation sites (N-methyl/N-ethyl adjacent to an activating group) is 1. The SMILES string of the molecule is CC1CN(C(=O)c2ccc(N3CCN(C)CC3)cc2)CC1(O)C1CCC1. The quantitative estimate of drug-likeness (QED) is 0.900. The molecule has 1 saturated carbocycles. The number of anilines is 1. The Hall–Kier alpha value is -1.59. The van der Waals surface area contributed by atoms with Gasteiger partial charge in [-0.05, 0) is 50.1 Å². The fourth-order valence-corrected chi connectivity index (χ4v) is 4.67. The number of piperazine rings is 1. The first-order valence-corrected chi connectivity index (χ1v) is 10.0. The van der Waals surface area contributed by atoms with Crippen LogP contribution in [0.15, 0.2) is 24.3 Å². The van der Waals surface area contributed by atoms with E-state index < -0.39 is 5.60 Å². The number of β-amino-alcohol motifs (C(OH)–C–C–N with tert-alkyl or cyclic N) is 1. The molecule has 1 N–H and O–H groups in total. The number of benzene rings is 1. The van der Waals surface area contributed by atoms with Crippen molar-refractivity contribution in [3.8, 4) is 0 Å². The zero-order chi connectivity index (χ0) is 18.3. The first kappa shape index (κ1) is 17.8. The average Bonchev–Trinajstić information content (AvgIpc) is 2.89. The molecule has 2 saturated heterocycles. The summed E-state index contributed by atoms with van der Waals surface area (Å²) in [7, 11) is 2.15. The van der Waals surface area contributed by atoms with E-state index >= 15 is 0 Å². The normalized spacial score (nSPS) is 30.5. The van der Waals surface area contributed by atoms with E-state index in [-0.39, 0.29) is 11.8 Å². The highest BCUT2D eigenvalue weighted by atomic mass is 16.3. The summed E-state index contributed by atoms with van der Waals surface area (Å²) in [5, 5.41) is 11.1. The van der Waals surface area contributed by atoms with Gasteiger partial charge in [0.05, 0.1) is 12.1 Å². The Morgan fingerprint density at radius 1 is 1.12 bits per heavy atom. The summed E-state index contributed by atoms with van der Waals surface area (Å²) < 4.78 is 0. The van der Waals surface area contributed by atoms with Gasteiger partial charge in [0.25, 0.3) is 5.91 Å². The number of nitrogens with zero attached hydrogens (tertiary/aromatic N) is 3. The van der Waals surface area contributed by atoms with Crippen molar-refractivity contribution in [2.45, 2.75) is 31.8 Å². The largest absolute Gasteiger partial charge is 0.387 e. The summed E-state index contributed by atoms with van der Waals surface area (Å²) in [6, 6.07) is 8.02. The smallest absolute Gasteiger partial charge is 0.253 e. The Balaban J connectivity index is 1.42. The summed E-state index contributed by atoms with van der Waals surface area (Å²) in [5.74, 6) is 0.577. The maximum absolute atomic E-state index is 12.9. The van der Waals surface area contributed by atoms with E-state index in [0.29, 0.717) is 19.0 Å². The van der Waals surface area contributed by atoms with Gasteiger partial charge in [0, 0.05) is 49.9 Å². The monoisotopic (exact) mass is 357 g/mol. The predicted octanol–water partition coefficient (Wildman–Crippen LogP) is 2.06. The van der Waals surface area contributed by atoms with Crippen molar-refractivity contribution in [1.29, 1.82) is 0 Å². The fourth-order valence-electron chi connectivity index (χ4n) is 4.67. The average molecular weight is 357 g/mol. The van der Waals surface area contributed by atoms with E-state index in [9.17, 15) is 9.90 Å². The zero-order valence-corrected chi connectivity index (χ0v) is 16.0. The molecule has 1 aromatic carbocycles. The van der Waals surface area contributed by atoms with Crippen molar-refractivity contribution in [1.82, 2.24) is 9.80 Å². The molecule has 142 valence electrons. The number of hydrogen-bond donors (Lipinski definition) is 1. The summed E-state index contributed by atoms with van der Waals surface area (Å²) in [6.07, 6.45) is 3.41. The second-order valence-electron chi connectivity index (χ2n) is 8.54. The van der Waals surface area contributed by atoms with E-state index in [0.717, 1.165) is 44.6 Å². The van der Waals surface area contributed by atoms with Gasteiger partial charge in [0.15, 0.2) is 0 Å². The molecule has 2 unspecified atom stereocenters. The van der Waals surface area contributed by atoms with Crippen LogP contribution in [0.3, 0.4) is 0 Å².